The number of sulfone groups is 1. The summed E-state index contributed by atoms with van der Waals surface area (Å²) in [5.41, 5.74) is 1.29. The Labute approximate surface area is 173 Å². The maximum atomic E-state index is 12.5. The van der Waals surface area contributed by atoms with Crippen LogP contribution in [-0.4, -0.2) is 38.5 Å². The summed E-state index contributed by atoms with van der Waals surface area (Å²) in [5.74, 6) is -0.0669. The molecule has 0 spiro atoms. The molecule has 1 saturated heterocycles. The van der Waals surface area contributed by atoms with Crippen LogP contribution in [-0.2, 0) is 21.1 Å². The largest absolute Gasteiger partial charge is 0.488 e. The normalized spacial score (nSPS) is 18.0. The van der Waals surface area contributed by atoms with E-state index in [4.69, 9.17) is 20.8 Å². The highest BCUT2D eigenvalue weighted by molar-refractivity contribution is 7.91. The molecular weight excluding hydrogens is 418 g/mol. The lowest BCUT2D eigenvalue weighted by Gasteiger charge is -2.13. The van der Waals surface area contributed by atoms with Gasteiger partial charge in [-0.1, -0.05) is 18.2 Å². The molecule has 9 heteroatoms. The number of carbonyl (C=O) groups excluding carboxylic acids is 1. The fraction of sp³-hybridized carbons (Fsp3) is 0.400. The molecule has 3 rings (SSSR count). The van der Waals surface area contributed by atoms with Gasteiger partial charge in [0.25, 0.3) is 0 Å². The Bertz CT molecular complexity index is 1150. The zero-order valence-electron chi connectivity index (χ0n) is 16.2. The summed E-state index contributed by atoms with van der Waals surface area (Å²) in [6.45, 7) is 7.57. The van der Waals surface area contributed by atoms with E-state index in [2.05, 4.69) is 11.9 Å². The molecule has 1 N–H and O–H groups in total. The highest BCUT2D eigenvalue weighted by atomic mass is 35.5. The summed E-state index contributed by atoms with van der Waals surface area (Å²) in [7, 11) is -3.11. The summed E-state index contributed by atoms with van der Waals surface area (Å²) >= 11 is 6.29. The standard InChI is InChI=1S/C20H22ClNO6S/c1-11(2)9-27-18-8-17-14(6-16(18)21)12(3)15(20(24)28-17)7-19(23)22-13-4-5-29(25,26)10-13/h6,8,13H,1,4-5,7,9-10H2,2-3H3,(H,22,23). The van der Waals surface area contributed by atoms with E-state index < -0.39 is 27.4 Å². The Morgan fingerprint density at radius 1 is 1.41 bits per heavy atom. The molecular formula is C20H22ClNO6S. The van der Waals surface area contributed by atoms with Gasteiger partial charge >= 0.3 is 5.63 Å². The van der Waals surface area contributed by atoms with Crippen molar-refractivity contribution in [1.82, 2.24) is 5.32 Å². The monoisotopic (exact) mass is 439 g/mol. The Kier molecular flexibility index (Phi) is 6.05. The van der Waals surface area contributed by atoms with E-state index in [-0.39, 0.29) is 30.1 Å². The average molecular weight is 440 g/mol. The molecule has 1 atom stereocenters. The third kappa shape index (κ3) is 5.00. The van der Waals surface area contributed by atoms with Crippen molar-refractivity contribution in [2.75, 3.05) is 18.1 Å². The molecule has 0 radical (unpaired) electrons. The number of aryl methyl sites for hydroxylation is 1. The number of benzene rings is 1. The van der Waals surface area contributed by atoms with Crippen LogP contribution < -0.4 is 15.7 Å². The lowest BCUT2D eigenvalue weighted by atomic mass is 10.0. The van der Waals surface area contributed by atoms with Gasteiger partial charge in [0, 0.05) is 17.5 Å². The molecule has 29 heavy (non-hydrogen) atoms. The molecule has 1 aliphatic heterocycles. The Morgan fingerprint density at radius 2 is 2.14 bits per heavy atom. The number of rotatable bonds is 6. The SMILES string of the molecule is C=C(C)COc1cc2oc(=O)c(CC(=O)NC3CCS(=O)(=O)C3)c(C)c2cc1Cl. The zero-order valence-corrected chi connectivity index (χ0v) is 17.8. The summed E-state index contributed by atoms with van der Waals surface area (Å²) < 4.78 is 34.0. The first kappa shape index (κ1) is 21.4. The molecule has 0 saturated carbocycles. The average Bonchev–Trinajstić information content (AvgIpc) is 2.96. The number of hydrogen-bond acceptors (Lipinski definition) is 6. The molecule has 1 aromatic carbocycles. The Balaban J connectivity index is 1.85. The maximum absolute atomic E-state index is 12.5. The molecule has 1 aliphatic rings. The number of carbonyl (C=O) groups is 1. The third-order valence-electron chi connectivity index (χ3n) is 4.75. The Morgan fingerprint density at radius 3 is 2.76 bits per heavy atom. The van der Waals surface area contributed by atoms with Crippen molar-refractivity contribution < 1.29 is 22.4 Å². The van der Waals surface area contributed by atoms with E-state index in [0.29, 0.717) is 33.7 Å². The van der Waals surface area contributed by atoms with Crippen LogP contribution in [0.25, 0.3) is 11.0 Å². The molecule has 7 nitrogen and oxygen atoms in total. The summed E-state index contributed by atoms with van der Waals surface area (Å²) in [6, 6.07) is 2.75. The maximum Gasteiger partial charge on any atom is 0.340 e. The number of halogens is 1. The van der Waals surface area contributed by atoms with Crippen LogP contribution in [0.5, 0.6) is 5.75 Å². The summed E-state index contributed by atoms with van der Waals surface area (Å²) in [6.07, 6.45) is 0.175. The summed E-state index contributed by atoms with van der Waals surface area (Å²) in [4.78, 5) is 24.8. The van der Waals surface area contributed by atoms with Crippen molar-refractivity contribution in [1.29, 1.82) is 0 Å². The van der Waals surface area contributed by atoms with Crippen molar-refractivity contribution in [2.45, 2.75) is 32.7 Å². The van der Waals surface area contributed by atoms with Gasteiger partial charge in [-0.05, 0) is 37.5 Å². The van der Waals surface area contributed by atoms with Crippen molar-refractivity contribution in [3.05, 3.63) is 50.9 Å². The number of nitrogens with one attached hydrogen (secondary N) is 1. The molecule has 0 aliphatic carbocycles. The van der Waals surface area contributed by atoms with Crippen LogP contribution in [0.1, 0.15) is 24.5 Å². The molecule has 156 valence electrons. The van der Waals surface area contributed by atoms with Gasteiger partial charge < -0.3 is 14.5 Å². The van der Waals surface area contributed by atoms with Gasteiger partial charge in [-0.25, -0.2) is 13.2 Å². The number of ether oxygens (including phenoxy) is 1. The van der Waals surface area contributed by atoms with E-state index in [1.165, 1.54) is 0 Å². The van der Waals surface area contributed by atoms with Crippen LogP contribution in [0.15, 0.2) is 33.5 Å². The fourth-order valence-corrected chi connectivity index (χ4v) is 5.15. The number of amides is 1. The van der Waals surface area contributed by atoms with Gasteiger partial charge in [-0.3, -0.25) is 4.79 Å². The minimum absolute atomic E-state index is 0.0589. The zero-order chi connectivity index (χ0) is 21.3. The quantitative estimate of drug-likeness (QED) is 0.548. The van der Waals surface area contributed by atoms with Crippen LogP contribution in [0.4, 0.5) is 0 Å². The first-order valence-corrected chi connectivity index (χ1v) is 11.3. The second-order valence-corrected chi connectivity index (χ2v) is 10.00. The first-order valence-electron chi connectivity index (χ1n) is 9.08. The van der Waals surface area contributed by atoms with Crippen LogP contribution >= 0.6 is 11.6 Å². The predicted molar refractivity (Wildman–Crippen MR) is 111 cm³/mol. The van der Waals surface area contributed by atoms with Gasteiger partial charge in [0.2, 0.25) is 5.91 Å². The fourth-order valence-electron chi connectivity index (χ4n) is 3.25. The first-order chi connectivity index (χ1) is 13.6. The number of fused-ring (bicyclic) bond motifs is 1. The van der Waals surface area contributed by atoms with Gasteiger partial charge in [-0.15, -0.1) is 0 Å². The van der Waals surface area contributed by atoms with Gasteiger partial charge in [0.1, 0.15) is 17.9 Å². The minimum atomic E-state index is -3.11. The van der Waals surface area contributed by atoms with E-state index >= 15 is 0 Å². The second kappa shape index (κ2) is 8.20. The molecule has 1 amide bonds. The van der Waals surface area contributed by atoms with E-state index in [1.807, 2.05) is 6.92 Å². The van der Waals surface area contributed by atoms with Gasteiger partial charge in [0.05, 0.1) is 28.5 Å². The van der Waals surface area contributed by atoms with Crippen molar-refractivity contribution in [2.24, 2.45) is 0 Å². The lowest BCUT2D eigenvalue weighted by molar-refractivity contribution is -0.121. The Hall–Kier alpha value is -2.32. The molecule has 1 fully saturated rings. The van der Waals surface area contributed by atoms with Gasteiger partial charge in [-0.2, -0.15) is 0 Å². The molecule has 2 aromatic rings. The van der Waals surface area contributed by atoms with Crippen molar-refractivity contribution in [3.63, 3.8) is 0 Å². The van der Waals surface area contributed by atoms with E-state index in [0.717, 1.165) is 5.57 Å². The van der Waals surface area contributed by atoms with Crippen LogP contribution in [0.3, 0.4) is 0 Å². The topological polar surface area (TPSA) is 103 Å². The minimum Gasteiger partial charge on any atom is -0.488 e. The van der Waals surface area contributed by atoms with Crippen molar-refractivity contribution in [3.8, 4) is 5.75 Å². The predicted octanol–water partition coefficient (Wildman–Crippen LogP) is 2.56. The smallest absolute Gasteiger partial charge is 0.340 e. The molecule has 2 heterocycles. The van der Waals surface area contributed by atoms with Gasteiger partial charge in [0.15, 0.2) is 9.84 Å². The highest BCUT2D eigenvalue weighted by Gasteiger charge is 2.29. The molecule has 1 unspecified atom stereocenters. The van der Waals surface area contributed by atoms with Crippen LogP contribution in [0, 0.1) is 6.92 Å². The molecule has 0 bridgehead atoms. The van der Waals surface area contributed by atoms with Crippen LogP contribution in [0.2, 0.25) is 5.02 Å². The second-order valence-electron chi connectivity index (χ2n) is 7.36. The lowest BCUT2D eigenvalue weighted by Crippen LogP contribution is -2.37. The van der Waals surface area contributed by atoms with E-state index in [9.17, 15) is 18.0 Å². The molecule has 1 aromatic heterocycles. The summed E-state index contributed by atoms with van der Waals surface area (Å²) in [5, 5.41) is 3.63. The highest BCUT2D eigenvalue weighted by Crippen LogP contribution is 2.32. The van der Waals surface area contributed by atoms with E-state index in [1.54, 1.807) is 19.1 Å². The van der Waals surface area contributed by atoms with Crippen molar-refractivity contribution >= 4 is 38.3 Å². The third-order valence-corrected chi connectivity index (χ3v) is 6.81. The number of hydrogen-bond donors (Lipinski definition) is 1.